The van der Waals surface area contributed by atoms with Gasteiger partial charge in [-0.25, -0.2) is 0 Å². The molecule has 0 aliphatic heterocycles. The van der Waals surface area contributed by atoms with Crippen LogP contribution in [-0.4, -0.2) is 17.8 Å². The molecule has 0 radical (unpaired) electrons. The Morgan fingerprint density at radius 3 is 2.35 bits per heavy atom. The first kappa shape index (κ1) is 15.7. The summed E-state index contributed by atoms with van der Waals surface area (Å²) in [5, 5.41) is 12.9. The summed E-state index contributed by atoms with van der Waals surface area (Å²) in [4.78, 5) is 0. The van der Waals surface area contributed by atoms with Crippen molar-refractivity contribution in [2.75, 3.05) is 6.61 Å². The summed E-state index contributed by atoms with van der Waals surface area (Å²) >= 11 is 6.96. The Labute approximate surface area is 136 Å². The van der Waals surface area contributed by atoms with Crippen molar-refractivity contribution in [2.45, 2.75) is 19.0 Å². The van der Waals surface area contributed by atoms with Crippen LogP contribution in [0.4, 0.5) is 0 Å². The normalized spacial score (nSPS) is 12.3. The van der Waals surface area contributed by atoms with Crippen molar-refractivity contribution in [3.05, 3.63) is 68.6 Å². The van der Waals surface area contributed by atoms with Crippen LogP contribution in [0.15, 0.2) is 57.5 Å². The monoisotopic (exact) mass is 397 g/mol. The second-order valence-electron chi connectivity index (χ2n) is 4.70. The van der Waals surface area contributed by atoms with E-state index in [0.717, 1.165) is 21.9 Å². The molecule has 20 heavy (non-hydrogen) atoms. The van der Waals surface area contributed by atoms with Crippen molar-refractivity contribution in [3.63, 3.8) is 0 Å². The first-order valence-electron chi connectivity index (χ1n) is 6.51. The number of aliphatic hydroxyl groups excluding tert-OH is 1. The Hall–Kier alpha value is -0.680. The van der Waals surface area contributed by atoms with Gasteiger partial charge >= 0.3 is 0 Å². The van der Waals surface area contributed by atoms with Gasteiger partial charge in [-0.05, 0) is 61.5 Å². The molecular weight excluding hydrogens is 382 g/mol. The molecule has 4 heteroatoms. The summed E-state index contributed by atoms with van der Waals surface area (Å²) in [6.45, 7) is 0.872. The van der Waals surface area contributed by atoms with Crippen LogP contribution in [0.3, 0.4) is 0 Å². The molecule has 0 bridgehead atoms. The average molecular weight is 399 g/mol. The van der Waals surface area contributed by atoms with Gasteiger partial charge in [0, 0.05) is 21.5 Å². The van der Waals surface area contributed by atoms with Crippen molar-refractivity contribution in [1.29, 1.82) is 0 Å². The van der Waals surface area contributed by atoms with E-state index in [1.54, 1.807) is 0 Å². The summed E-state index contributed by atoms with van der Waals surface area (Å²) < 4.78 is 2.09. The van der Waals surface area contributed by atoms with Crippen molar-refractivity contribution in [3.8, 4) is 0 Å². The van der Waals surface area contributed by atoms with Crippen molar-refractivity contribution >= 4 is 31.9 Å². The third-order valence-corrected chi connectivity index (χ3v) is 5.00. The molecule has 0 aliphatic carbocycles. The molecule has 0 spiro atoms. The number of hydrogen-bond donors (Lipinski definition) is 2. The molecule has 2 nitrogen and oxygen atoms in total. The summed E-state index contributed by atoms with van der Waals surface area (Å²) in [6.07, 6.45) is 0.828. The van der Waals surface area contributed by atoms with Crippen LogP contribution in [0.25, 0.3) is 0 Å². The summed E-state index contributed by atoms with van der Waals surface area (Å²) in [5.41, 5.74) is 2.42. The van der Waals surface area contributed by atoms with Gasteiger partial charge in [0.2, 0.25) is 0 Å². The second-order valence-corrected chi connectivity index (χ2v) is 6.41. The Morgan fingerprint density at radius 2 is 1.70 bits per heavy atom. The number of rotatable bonds is 6. The van der Waals surface area contributed by atoms with Gasteiger partial charge in [-0.3, -0.25) is 0 Å². The van der Waals surface area contributed by atoms with Crippen molar-refractivity contribution in [2.24, 2.45) is 0 Å². The number of nitrogens with one attached hydrogen (secondary N) is 1. The number of aliphatic hydroxyl groups is 1. The maximum atomic E-state index is 9.48. The molecule has 2 aromatic rings. The van der Waals surface area contributed by atoms with Crippen LogP contribution in [0.5, 0.6) is 0 Å². The van der Waals surface area contributed by atoms with Gasteiger partial charge in [-0.15, -0.1) is 0 Å². The molecule has 2 N–H and O–H groups in total. The molecule has 0 aliphatic rings. The molecule has 0 amide bonds. The van der Waals surface area contributed by atoms with Crippen molar-refractivity contribution < 1.29 is 5.11 Å². The van der Waals surface area contributed by atoms with Gasteiger partial charge in [0.1, 0.15) is 0 Å². The topological polar surface area (TPSA) is 32.3 Å². The lowest BCUT2D eigenvalue weighted by atomic mass is 10.1. The van der Waals surface area contributed by atoms with Crippen LogP contribution in [0, 0.1) is 0 Å². The van der Waals surface area contributed by atoms with E-state index in [1.165, 1.54) is 11.1 Å². The third-order valence-electron chi connectivity index (χ3n) is 3.12. The smallest absolute Gasteiger partial charge is 0.0587 e. The summed E-state index contributed by atoms with van der Waals surface area (Å²) in [7, 11) is 0. The van der Waals surface area contributed by atoms with E-state index in [-0.39, 0.29) is 12.6 Å². The molecule has 2 aromatic carbocycles. The van der Waals surface area contributed by atoms with Gasteiger partial charge in [0.05, 0.1) is 6.61 Å². The molecular formula is C16H17Br2NO. The van der Waals surface area contributed by atoms with E-state index >= 15 is 0 Å². The molecule has 106 valence electrons. The number of benzene rings is 2. The number of halogens is 2. The van der Waals surface area contributed by atoms with E-state index in [1.807, 2.05) is 24.3 Å². The first-order valence-corrected chi connectivity index (χ1v) is 8.09. The second kappa shape index (κ2) is 7.93. The lowest BCUT2D eigenvalue weighted by Gasteiger charge is -2.16. The highest BCUT2D eigenvalue weighted by Crippen LogP contribution is 2.23. The molecule has 2 rings (SSSR count). The van der Waals surface area contributed by atoms with E-state index in [9.17, 15) is 5.11 Å². The van der Waals surface area contributed by atoms with E-state index in [4.69, 9.17) is 0 Å². The molecule has 0 aromatic heterocycles. The largest absolute Gasteiger partial charge is 0.395 e. The maximum Gasteiger partial charge on any atom is 0.0587 e. The summed E-state index contributed by atoms with van der Waals surface area (Å²) in [6, 6.07) is 16.5. The fraction of sp³-hybridized carbons (Fsp3) is 0.250. The van der Waals surface area contributed by atoms with Crippen LogP contribution < -0.4 is 5.32 Å². The highest BCUT2D eigenvalue weighted by atomic mass is 79.9. The van der Waals surface area contributed by atoms with E-state index < -0.39 is 0 Å². The highest BCUT2D eigenvalue weighted by Gasteiger charge is 2.08. The zero-order valence-electron chi connectivity index (χ0n) is 11.0. The van der Waals surface area contributed by atoms with Gasteiger partial charge in [0.25, 0.3) is 0 Å². The predicted octanol–water partition coefficient (Wildman–Crippen LogP) is 3.90. The first-order chi connectivity index (χ1) is 9.69. The van der Waals surface area contributed by atoms with Crippen LogP contribution in [0.2, 0.25) is 0 Å². The van der Waals surface area contributed by atoms with Gasteiger partial charge in [-0.2, -0.15) is 0 Å². The Morgan fingerprint density at radius 1 is 0.950 bits per heavy atom. The fourth-order valence-corrected chi connectivity index (χ4v) is 2.68. The van der Waals surface area contributed by atoms with Gasteiger partial charge in [0.15, 0.2) is 0 Å². The average Bonchev–Trinajstić information content (AvgIpc) is 2.48. The minimum atomic E-state index is 0.0693. The molecule has 0 saturated carbocycles. The highest BCUT2D eigenvalue weighted by molar-refractivity contribution is 9.13. The van der Waals surface area contributed by atoms with Crippen LogP contribution in [0.1, 0.15) is 11.1 Å². The maximum absolute atomic E-state index is 9.48. The minimum absolute atomic E-state index is 0.0693. The molecule has 0 heterocycles. The molecule has 0 fully saturated rings. The predicted molar refractivity (Wildman–Crippen MR) is 89.7 cm³/mol. The quantitative estimate of drug-likeness (QED) is 0.773. The standard InChI is InChI=1S/C16H17Br2NO/c17-15-7-6-13(9-16(15)18)10-19-14(11-20)8-12-4-2-1-3-5-12/h1-7,9,14,19-20H,8,10-11H2/t14-/m0/s1. The van der Waals surface area contributed by atoms with E-state index in [2.05, 4.69) is 61.4 Å². The Bertz CT molecular complexity index is 545. The summed E-state index contributed by atoms with van der Waals surface area (Å²) in [5.74, 6) is 0. The zero-order valence-corrected chi connectivity index (χ0v) is 14.2. The lowest BCUT2D eigenvalue weighted by molar-refractivity contribution is 0.241. The van der Waals surface area contributed by atoms with E-state index in [0.29, 0.717) is 0 Å². The zero-order chi connectivity index (χ0) is 14.4. The minimum Gasteiger partial charge on any atom is -0.395 e. The van der Waals surface area contributed by atoms with Gasteiger partial charge in [-0.1, -0.05) is 36.4 Å². The fourth-order valence-electron chi connectivity index (χ4n) is 2.01. The lowest BCUT2D eigenvalue weighted by Crippen LogP contribution is -2.34. The van der Waals surface area contributed by atoms with Crippen molar-refractivity contribution in [1.82, 2.24) is 5.32 Å². The third kappa shape index (κ3) is 4.70. The SMILES string of the molecule is OC[C@H](Cc1ccccc1)NCc1ccc(Br)c(Br)c1. The van der Waals surface area contributed by atoms with Crippen LogP contribution >= 0.6 is 31.9 Å². The molecule has 1 atom stereocenters. The number of hydrogen-bond acceptors (Lipinski definition) is 2. The Kier molecular flexibility index (Phi) is 6.23. The molecule has 0 unspecified atom stereocenters. The van der Waals surface area contributed by atoms with Gasteiger partial charge < -0.3 is 10.4 Å². The Balaban J connectivity index is 1.92. The molecule has 0 saturated heterocycles. The van der Waals surface area contributed by atoms with Crippen LogP contribution in [-0.2, 0) is 13.0 Å².